The molecule has 2 aromatic rings. The summed E-state index contributed by atoms with van der Waals surface area (Å²) in [6, 6.07) is 7.32. The van der Waals surface area contributed by atoms with Gasteiger partial charge in [0.25, 0.3) is 5.91 Å². The lowest BCUT2D eigenvalue weighted by molar-refractivity contribution is 0.102. The van der Waals surface area contributed by atoms with Crippen LogP contribution in [-0.2, 0) is 0 Å². The monoisotopic (exact) mass is 367 g/mol. The van der Waals surface area contributed by atoms with E-state index >= 15 is 0 Å². The zero-order valence-electron chi connectivity index (χ0n) is 11.7. The summed E-state index contributed by atoms with van der Waals surface area (Å²) in [5, 5.41) is 6.31. The predicted octanol–water partition coefficient (Wildman–Crippen LogP) is 4.49. The molecule has 0 aliphatic rings. The maximum absolute atomic E-state index is 12.3. The number of halogens is 2. The van der Waals surface area contributed by atoms with Crippen LogP contribution in [0.1, 0.15) is 22.8 Å². The average molecular weight is 369 g/mol. The van der Waals surface area contributed by atoms with Crippen LogP contribution in [0.4, 0.5) is 11.5 Å². The standard InChI is InChI=1S/C15H15BrClN3O/c1-3-18-14-12(17)6-10(8-19-14)15(21)20-13-7-11(16)5-4-9(13)2/h4-8H,3H2,1-2H3,(H,18,19)(H,20,21). The van der Waals surface area contributed by atoms with Crippen LogP contribution in [0.5, 0.6) is 0 Å². The summed E-state index contributed by atoms with van der Waals surface area (Å²) in [4.78, 5) is 16.4. The molecule has 4 nitrogen and oxygen atoms in total. The molecular formula is C15H15BrClN3O. The lowest BCUT2D eigenvalue weighted by atomic mass is 10.2. The van der Waals surface area contributed by atoms with Crippen LogP contribution >= 0.6 is 27.5 Å². The van der Waals surface area contributed by atoms with Gasteiger partial charge in [-0.05, 0) is 37.6 Å². The molecule has 0 saturated heterocycles. The summed E-state index contributed by atoms with van der Waals surface area (Å²) in [7, 11) is 0. The third-order valence-electron chi connectivity index (χ3n) is 2.90. The van der Waals surface area contributed by atoms with Gasteiger partial charge in [-0.2, -0.15) is 0 Å². The van der Waals surface area contributed by atoms with Crippen molar-refractivity contribution >= 4 is 44.9 Å². The highest BCUT2D eigenvalue weighted by molar-refractivity contribution is 9.10. The van der Waals surface area contributed by atoms with Crippen molar-refractivity contribution in [2.45, 2.75) is 13.8 Å². The van der Waals surface area contributed by atoms with Crippen LogP contribution < -0.4 is 10.6 Å². The van der Waals surface area contributed by atoms with E-state index in [0.29, 0.717) is 16.4 Å². The van der Waals surface area contributed by atoms with E-state index in [0.717, 1.165) is 22.3 Å². The molecule has 110 valence electrons. The van der Waals surface area contributed by atoms with Gasteiger partial charge < -0.3 is 10.6 Å². The van der Waals surface area contributed by atoms with Crippen molar-refractivity contribution in [2.24, 2.45) is 0 Å². The molecule has 1 amide bonds. The van der Waals surface area contributed by atoms with Gasteiger partial charge in [-0.15, -0.1) is 0 Å². The molecule has 21 heavy (non-hydrogen) atoms. The Bertz CT molecular complexity index is 676. The van der Waals surface area contributed by atoms with E-state index in [1.54, 1.807) is 6.07 Å². The minimum Gasteiger partial charge on any atom is -0.369 e. The Kier molecular flexibility index (Phi) is 5.20. The lowest BCUT2D eigenvalue weighted by Crippen LogP contribution is -2.13. The molecule has 0 aliphatic heterocycles. The number of amides is 1. The number of carbonyl (C=O) groups is 1. The van der Waals surface area contributed by atoms with Crippen molar-refractivity contribution in [1.82, 2.24) is 4.98 Å². The van der Waals surface area contributed by atoms with Crippen molar-refractivity contribution < 1.29 is 4.79 Å². The van der Waals surface area contributed by atoms with E-state index in [9.17, 15) is 4.79 Å². The molecule has 6 heteroatoms. The molecule has 0 aliphatic carbocycles. The van der Waals surface area contributed by atoms with Crippen LogP contribution in [0.3, 0.4) is 0 Å². The summed E-state index contributed by atoms with van der Waals surface area (Å²) in [5.74, 6) is 0.336. The number of aromatic nitrogens is 1. The van der Waals surface area contributed by atoms with Crippen molar-refractivity contribution in [3.63, 3.8) is 0 Å². The van der Waals surface area contributed by atoms with E-state index in [2.05, 4.69) is 31.5 Å². The lowest BCUT2D eigenvalue weighted by Gasteiger charge is -2.10. The van der Waals surface area contributed by atoms with Gasteiger partial charge >= 0.3 is 0 Å². The number of pyridine rings is 1. The Balaban J connectivity index is 2.20. The van der Waals surface area contributed by atoms with Crippen LogP contribution in [0.2, 0.25) is 5.02 Å². The van der Waals surface area contributed by atoms with E-state index < -0.39 is 0 Å². The molecule has 0 bridgehead atoms. The third kappa shape index (κ3) is 3.95. The van der Waals surface area contributed by atoms with Crippen LogP contribution in [-0.4, -0.2) is 17.4 Å². The first-order valence-electron chi connectivity index (χ1n) is 6.48. The number of carbonyl (C=O) groups excluding carboxylic acids is 1. The first kappa shape index (κ1) is 15.8. The summed E-state index contributed by atoms with van der Waals surface area (Å²) in [5.41, 5.74) is 2.15. The number of hydrogen-bond acceptors (Lipinski definition) is 3. The van der Waals surface area contributed by atoms with E-state index in [4.69, 9.17) is 11.6 Å². The molecule has 0 unspecified atom stereocenters. The number of rotatable bonds is 4. The van der Waals surface area contributed by atoms with Gasteiger partial charge in [0.2, 0.25) is 0 Å². The second-order valence-electron chi connectivity index (χ2n) is 4.50. The molecule has 0 radical (unpaired) electrons. The van der Waals surface area contributed by atoms with Gasteiger partial charge in [0.1, 0.15) is 5.82 Å². The van der Waals surface area contributed by atoms with E-state index in [1.807, 2.05) is 32.0 Å². The number of anilines is 2. The Morgan fingerprint density at radius 2 is 2.14 bits per heavy atom. The smallest absolute Gasteiger partial charge is 0.257 e. The van der Waals surface area contributed by atoms with E-state index in [-0.39, 0.29) is 5.91 Å². The summed E-state index contributed by atoms with van der Waals surface area (Å²) < 4.78 is 0.905. The molecule has 0 fully saturated rings. The first-order valence-corrected chi connectivity index (χ1v) is 7.65. The molecule has 0 spiro atoms. The predicted molar refractivity (Wildman–Crippen MR) is 90.2 cm³/mol. The Morgan fingerprint density at radius 1 is 1.38 bits per heavy atom. The molecule has 1 aromatic heterocycles. The Morgan fingerprint density at radius 3 is 2.81 bits per heavy atom. The maximum atomic E-state index is 12.3. The minimum atomic E-state index is -0.242. The van der Waals surface area contributed by atoms with Crippen LogP contribution in [0, 0.1) is 6.92 Å². The number of nitrogens with zero attached hydrogens (tertiary/aromatic N) is 1. The average Bonchev–Trinajstić information content (AvgIpc) is 2.45. The molecule has 1 aromatic carbocycles. The number of hydrogen-bond donors (Lipinski definition) is 2. The number of benzene rings is 1. The molecular weight excluding hydrogens is 354 g/mol. The summed E-state index contributed by atoms with van der Waals surface area (Å²) in [6.45, 7) is 4.60. The SMILES string of the molecule is CCNc1ncc(C(=O)Nc2cc(Br)ccc2C)cc1Cl. The molecule has 1 heterocycles. The highest BCUT2D eigenvalue weighted by Crippen LogP contribution is 2.23. The zero-order chi connectivity index (χ0) is 15.4. The van der Waals surface area contributed by atoms with Crippen LogP contribution in [0.25, 0.3) is 0 Å². The van der Waals surface area contributed by atoms with Gasteiger partial charge in [-0.25, -0.2) is 4.98 Å². The van der Waals surface area contributed by atoms with Gasteiger partial charge in [-0.3, -0.25) is 4.79 Å². The van der Waals surface area contributed by atoms with Crippen molar-refractivity contribution in [3.8, 4) is 0 Å². The van der Waals surface area contributed by atoms with Gasteiger partial charge in [0, 0.05) is 22.9 Å². The maximum Gasteiger partial charge on any atom is 0.257 e. The van der Waals surface area contributed by atoms with Gasteiger partial charge in [-0.1, -0.05) is 33.6 Å². The Hall–Kier alpha value is -1.59. The van der Waals surface area contributed by atoms with Gasteiger partial charge in [0.15, 0.2) is 0 Å². The van der Waals surface area contributed by atoms with Crippen molar-refractivity contribution in [2.75, 3.05) is 17.2 Å². The molecule has 0 atom stereocenters. The Labute approximate surface area is 137 Å². The highest BCUT2D eigenvalue weighted by atomic mass is 79.9. The quantitative estimate of drug-likeness (QED) is 0.836. The number of aryl methyl sites for hydroxylation is 1. The molecule has 0 saturated carbocycles. The second kappa shape index (κ2) is 6.91. The van der Waals surface area contributed by atoms with E-state index in [1.165, 1.54) is 6.20 Å². The topological polar surface area (TPSA) is 54.0 Å². The minimum absolute atomic E-state index is 0.242. The van der Waals surface area contributed by atoms with Gasteiger partial charge in [0.05, 0.1) is 10.6 Å². The fourth-order valence-electron chi connectivity index (χ4n) is 1.78. The third-order valence-corrected chi connectivity index (χ3v) is 3.68. The number of nitrogens with one attached hydrogen (secondary N) is 2. The van der Waals surface area contributed by atoms with Crippen LogP contribution in [0.15, 0.2) is 34.9 Å². The second-order valence-corrected chi connectivity index (χ2v) is 5.82. The molecule has 2 N–H and O–H groups in total. The molecule has 2 rings (SSSR count). The zero-order valence-corrected chi connectivity index (χ0v) is 14.0. The normalized spacial score (nSPS) is 10.3. The largest absolute Gasteiger partial charge is 0.369 e. The first-order chi connectivity index (χ1) is 10.0. The summed E-state index contributed by atoms with van der Waals surface area (Å²) in [6.07, 6.45) is 1.51. The fourth-order valence-corrected chi connectivity index (χ4v) is 2.38. The highest BCUT2D eigenvalue weighted by Gasteiger charge is 2.11. The fraction of sp³-hybridized carbons (Fsp3) is 0.200. The van der Waals surface area contributed by atoms with Crippen molar-refractivity contribution in [3.05, 3.63) is 51.1 Å². The summed E-state index contributed by atoms with van der Waals surface area (Å²) >= 11 is 9.49. The van der Waals surface area contributed by atoms with Crippen molar-refractivity contribution in [1.29, 1.82) is 0 Å².